The van der Waals surface area contributed by atoms with Gasteiger partial charge in [0.15, 0.2) is 11.5 Å². The molecule has 0 spiro atoms. The van der Waals surface area contributed by atoms with Crippen LogP contribution in [0.1, 0.15) is 24.2 Å². The number of hydrogen-bond acceptors (Lipinski definition) is 3. The van der Waals surface area contributed by atoms with Gasteiger partial charge in [-0.15, -0.1) is 0 Å². The van der Waals surface area contributed by atoms with E-state index in [1.165, 1.54) is 0 Å². The molecule has 5 nitrogen and oxygen atoms in total. The Labute approximate surface area is 147 Å². The van der Waals surface area contributed by atoms with Gasteiger partial charge in [0.05, 0.1) is 13.2 Å². The summed E-state index contributed by atoms with van der Waals surface area (Å²) in [6.45, 7) is 4.87. The number of fused-ring (bicyclic) bond motifs is 1. The number of nitrogens with one attached hydrogen (secondary N) is 1. The van der Waals surface area contributed by atoms with Crippen molar-refractivity contribution in [2.24, 2.45) is 7.05 Å². The van der Waals surface area contributed by atoms with Crippen LogP contribution < -0.4 is 14.8 Å². The maximum absolute atomic E-state index is 12.6. The van der Waals surface area contributed by atoms with E-state index < -0.39 is 0 Å². The van der Waals surface area contributed by atoms with Crippen LogP contribution >= 0.6 is 0 Å². The summed E-state index contributed by atoms with van der Waals surface area (Å²) in [5, 5.41) is 4.08. The second-order valence-corrected chi connectivity index (χ2v) is 5.68. The fourth-order valence-corrected chi connectivity index (χ4v) is 2.74. The normalized spacial score (nSPS) is 10.7. The number of rotatable bonds is 6. The zero-order chi connectivity index (χ0) is 17.8. The van der Waals surface area contributed by atoms with Crippen molar-refractivity contribution in [2.45, 2.75) is 13.8 Å². The largest absolute Gasteiger partial charge is 0.490 e. The second kappa shape index (κ2) is 7.30. The Morgan fingerprint density at radius 1 is 1.00 bits per heavy atom. The van der Waals surface area contributed by atoms with Crippen molar-refractivity contribution in [3.8, 4) is 11.5 Å². The number of carbonyl (C=O) groups is 1. The third-order valence-corrected chi connectivity index (χ3v) is 3.95. The van der Waals surface area contributed by atoms with Gasteiger partial charge < -0.3 is 19.4 Å². The summed E-state index contributed by atoms with van der Waals surface area (Å²) >= 11 is 0. The summed E-state index contributed by atoms with van der Waals surface area (Å²) in [4.78, 5) is 12.6. The molecule has 0 saturated heterocycles. The molecule has 0 unspecified atom stereocenters. The fourth-order valence-electron chi connectivity index (χ4n) is 2.74. The summed E-state index contributed by atoms with van der Waals surface area (Å²) in [5.74, 6) is 1.04. The molecule has 0 aliphatic carbocycles. The van der Waals surface area contributed by atoms with E-state index in [0.29, 0.717) is 30.3 Å². The molecular weight excluding hydrogens is 316 g/mol. The highest BCUT2D eigenvalue weighted by molar-refractivity contribution is 6.05. The first kappa shape index (κ1) is 16.9. The quantitative estimate of drug-likeness (QED) is 0.732. The third kappa shape index (κ3) is 3.60. The van der Waals surface area contributed by atoms with Gasteiger partial charge in [-0.2, -0.15) is 0 Å². The Balaban J connectivity index is 1.84. The molecule has 3 aromatic rings. The number of aryl methyl sites for hydroxylation is 1. The van der Waals surface area contributed by atoms with Crippen molar-refractivity contribution < 1.29 is 14.3 Å². The van der Waals surface area contributed by atoms with E-state index in [2.05, 4.69) is 5.32 Å². The van der Waals surface area contributed by atoms with E-state index >= 15 is 0 Å². The highest BCUT2D eigenvalue weighted by Crippen LogP contribution is 2.29. The highest BCUT2D eigenvalue weighted by atomic mass is 16.5. The van der Waals surface area contributed by atoms with Gasteiger partial charge in [-0.25, -0.2) is 0 Å². The van der Waals surface area contributed by atoms with Gasteiger partial charge in [-0.1, -0.05) is 6.07 Å². The number of anilines is 1. The summed E-state index contributed by atoms with van der Waals surface area (Å²) in [6.07, 6.45) is 2.00. The lowest BCUT2D eigenvalue weighted by Gasteiger charge is -2.12. The lowest BCUT2D eigenvalue weighted by atomic mass is 10.1. The molecule has 3 rings (SSSR count). The van der Waals surface area contributed by atoms with Crippen LogP contribution in [0.2, 0.25) is 0 Å². The zero-order valence-electron chi connectivity index (χ0n) is 14.7. The van der Waals surface area contributed by atoms with Crippen LogP contribution in [-0.2, 0) is 7.05 Å². The lowest BCUT2D eigenvalue weighted by molar-refractivity contribution is 0.102. The van der Waals surface area contributed by atoms with E-state index in [-0.39, 0.29) is 5.91 Å². The number of nitrogens with zero attached hydrogens (tertiary/aromatic N) is 1. The van der Waals surface area contributed by atoms with Gasteiger partial charge in [0, 0.05) is 30.0 Å². The van der Waals surface area contributed by atoms with Gasteiger partial charge in [-0.3, -0.25) is 4.79 Å². The molecule has 130 valence electrons. The van der Waals surface area contributed by atoms with Crippen molar-refractivity contribution >= 4 is 22.5 Å². The highest BCUT2D eigenvalue weighted by Gasteiger charge is 2.12. The molecule has 2 aromatic carbocycles. The molecule has 0 fully saturated rings. The molecule has 0 aliphatic rings. The first-order chi connectivity index (χ1) is 12.1. The summed E-state index contributed by atoms with van der Waals surface area (Å²) in [6, 6.07) is 13.1. The number of benzene rings is 2. The molecule has 1 N–H and O–H groups in total. The van der Waals surface area contributed by atoms with E-state index in [1.54, 1.807) is 18.2 Å². The van der Waals surface area contributed by atoms with Crippen molar-refractivity contribution in [2.75, 3.05) is 18.5 Å². The molecule has 1 aromatic heterocycles. The second-order valence-electron chi connectivity index (χ2n) is 5.68. The molecule has 5 heteroatoms. The summed E-state index contributed by atoms with van der Waals surface area (Å²) in [7, 11) is 1.98. The first-order valence-corrected chi connectivity index (χ1v) is 8.38. The molecule has 25 heavy (non-hydrogen) atoms. The maximum atomic E-state index is 12.6. The van der Waals surface area contributed by atoms with Crippen molar-refractivity contribution in [3.63, 3.8) is 0 Å². The van der Waals surface area contributed by atoms with Crippen LogP contribution in [0.15, 0.2) is 48.7 Å². The van der Waals surface area contributed by atoms with Crippen LogP contribution in [0.3, 0.4) is 0 Å². The van der Waals surface area contributed by atoms with Gasteiger partial charge in [-0.05, 0) is 55.6 Å². The van der Waals surface area contributed by atoms with Gasteiger partial charge >= 0.3 is 0 Å². The SMILES string of the molecule is CCOc1ccc(C(=O)Nc2ccc3ccn(C)c3c2)cc1OCC. The van der Waals surface area contributed by atoms with Crippen LogP contribution in [-0.4, -0.2) is 23.7 Å². The van der Waals surface area contributed by atoms with Crippen LogP contribution in [0.4, 0.5) is 5.69 Å². The molecule has 1 amide bonds. The average Bonchev–Trinajstić information content (AvgIpc) is 2.97. The van der Waals surface area contributed by atoms with E-state index in [0.717, 1.165) is 16.6 Å². The molecule has 0 saturated carbocycles. The molecule has 0 bridgehead atoms. The Morgan fingerprint density at radius 2 is 1.76 bits per heavy atom. The molecule has 1 heterocycles. The monoisotopic (exact) mass is 338 g/mol. The van der Waals surface area contributed by atoms with Crippen molar-refractivity contribution in [1.82, 2.24) is 4.57 Å². The van der Waals surface area contributed by atoms with Gasteiger partial charge in [0.1, 0.15) is 0 Å². The standard InChI is InChI=1S/C20H22N2O3/c1-4-24-18-9-7-15(12-19(18)25-5-2)20(23)21-16-8-6-14-10-11-22(3)17(14)13-16/h6-13H,4-5H2,1-3H3,(H,21,23). The van der Waals surface area contributed by atoms with Crippen LogP contribution in [0, 0.1) is 0 Å². The molecule has 0 aliphatic heterocycles. The topological polar surface area (TPSA) is 52.5 Å². The van der Waals surface area contributed by atoms with Crippen molar-refractivity contribution in [1.29, 1.82) is 0 Å². The molecular formula is C20H22N2O3. The lowest BCUT2D eigenvalue weighted by Crippen LogP contribution is -2.12. The van der Waals surface area contributed by atoms with Crippen LogP contribution in [0.5, 0.6) is 11.5 Å². The van der Waals surface area contributed by atoms with E-state index in [4.69, 9.17) is 9.47 Å². The van der Waals surface area contributed by atoms with Gasteiger partial charge in [0.2, 0.25) is 0 Å². The molecule has 0 atom stereocenters. The minimum Gasteiger partial charge on any atom is -0.490 e. The summed E-state index contributed by atoms with van der Waals surface area (Å²) < 4.78 is 13.1. The summed E-state index contributed by atoms with van der Waals surface area (Å²) in [5.41, 5.74) is 2.35. The minimum absolute atomic E-state index is 0.183. The Bertz CT molecular complexity index is 899. The number of carbonyl (C=O) groups excluding carboxylic acids is 1. The number of ether oxygens (including phenoxy) is 2. The van der Waals surface area contributed by atoms with Crippen molar-refractivity contribution in [3.05, 3.63) is 54.2 Å². The van der Waals surface area contributed by atoms with Gasteiger partial charge in [0.25, 0.3) is 5.91 Å². The first-order valence-electron chi connectivity index (χ1n) is 8.38. The third-order valence-electron chi connectivity index (χ3n) is 3.95. The minimum atomic E-state index is -0.183. The molecule has 0 radical (unpaired) electrons. The maximum Gasteiger partial charge on any atom is 0.255 e. The zero-order valence-corrected chi connectivity index (χ0v) is 14.7. The Morgan fingerprint density at radius 3 is 2.52 bits per heavy atom. The van der Waals surface area contributed by atoms with E-state index in [1.807, 2.05) is 55.9 Å². The Kier molecular flexibility index (Phi) is 4.93. The van der Waals surface area contributed by atoms with E-state index in [9.17, 15) is 4.79 Å². The number of hydrogen-bond donors (Lipinski definition) is 1. The smallest absolute Gasteiger partial charge is 0.255 e. The fraction of sp³-hybridized carbons (Fsp3) is 0.250. The number of amides is 1. The van der Waals surface area contributed by atoms with Crippen LogP contribution in [0.25, 0.3) is 10.9 Å². The average molecular weight is 338 g/mol. The Hall–Kier alpha value is -2.95. The predicted molar refractivity (Wildman–Crippen MR) is 99.7 cm³/mol. The number of aromatic nitrogens is 1. The predicted octanol–water partition coefficient (Wildman–Crippen LogP) is 4.23.